The second-order valence-corrected chi connectivity index (χ2v) is 9.80. The highest BCUT2D eigenvalue weighted by molar-refractivity contribution is 5.69. The summed E-state index contributed by atoms with van der Waals surface area (Å²) in [6.07, 6.45) is 6.74. The Morgan fingerprint density at radius 2 is 1.93 bits per heavy atom. The van der Waals surface area contributed by atoms with E-state index in [0.29, 0.717) is 6.10 Å². The van der Waals surface area contributed by atoms with Gasteiger partial charge in [0.25, 0.3) is 0 Å². The van der Waals surface area contributed by atoms with Crippen LogP contribution in [0.25, 0.3) is 0 Å². The molecule has 160 valence electrons. The summed E-state index contributed by atoms with van der Waals surface area (Å²) in [6.45, 7) is 12.6. The number of hydrogen-bond acceptors (Lipinski definition) is 4. The minimum absolute atomic E-state index is 0.187. The van der Waals surface area contributed by atoms with Crippen molar-refractivity contribution in [2.24, 2.45) is 0 Å². The van der Waals surface area contributed by atoms with Gasteiger partial charge < -0.3 is 19.3 Å². The number of fused-ring (bicyclic) bond motifs is 2. The van der Waals surface area contributed by atoms with Gasteiger partial charge in [-0.2, -0.15) is 0 Å². The first-order chi connectivity index (χ1) is 13.8. The molecule has 1 fully saturated rings. The second-order valence-electron chi connectivity index (χ2n) is 9.80. The molecule has 0 N–H and O–H groups in total. The van der Waals surface area contributed by atoms with E-state index < -0.39 is 5.60 Å². The molecule has 3 heterocycles. The van der Waals surface area contributed by atoms with Crippen LogP contribution >= 0.6 is 0 Å². The molecule has 1 amide bonds. The topological polar surface area (TPSA) is 42.0 Å². The van der Waals surface area contributed by atoms with Crippen molar-refractivity contribution in [1.29, 1.82) is 0 Å². The van der Waals surface area contributed by atoms with Crippen LogP contribution < -0.4 is 4.90 Å². The Kier molecular flexibility index (Phi) is 5.78. The maximum Gasteiger partial charge on any atom is 0.410 e. The van der Waals surface area contributed by atoms with Crippen molar-refractivity contribution in [3.8, 4) is 0 Å². The summed E-state index contributed by atoms with van der Waals surface area (Å²) in [5, 5.41) is 0. The van der Waals surface area contributed by atoms with E-state index in [4.69, 9.17) is 9.47 Å². The lowest BCUT2D eigenvalue weighted by Gasteiger charge is -2.36. The Bertz CT molecular complexity index is 762. The Balaban J connectivity index is 1.55. The van der Waals surface area contributed by atoms with Crippen molar-refractivity contribution >= 4 is 11.8 Å². The quantitative estimate of drug-likeness (QED) is 0.744. The van der Waals surface area contributed by atoms with Crippen LogP contribution in [0.5, 0.6) is 0 Å². The molecule has 4 rings (SSSR count). The molecule has 1 aromatic rings. The molecular formula is C24H36N2O3. The van der Waals surface area contributed by atoms with E-state index in [1.807, 2.05) is 25.7 Å². The average Bonchev–Trinajstić information content (AvgIpc) is 3.05. The molecule has 1 saturated heterocycles. The standard InChI is InChI=1S/C24H36N2O3/c1-17-21-10-13-25(23(27)29-24(2,3)4)12-9-18(21)15-19-7-5-11-26(22(17)19)16-20-8-6-14-28-20/h15,20H,5-14,16H2,1-4H3/t20-/m0/s1. The fourth-order valence-corrected chi connectivity index (χ4v) is 5.10. The summed E-state index contributed by atoms with van der Waals surface area (Å²) in [5.74, 6) is 0. The maximum atomic E-state index is 12.6. The minimum atomic E-state index is -0.450. The molecule has 5 heteroatoms. The predicted molar refractivity (Wildman–Crippen MR) is 116 cm³/mol. The predicted octanol–water partition coefficient (Wildman–Crippen LogP) is 4.26. The fraction of sp³-hybridized carbons (Fsp3) is 0.708. The first kappa shape index (κ1) is 20.5. The number of anilines is 1. The Morgan fingerprint density at radius 1 is 1.14 bits per heavy atom. The number of carbonyl (C=O) groups is 1. The summed E-state index contributed by atoms with van der Waals surface area (Å²) in [7, 11) is 0. The monoisotopic (exact) mass is 400 g/mol. The molecule has 0 unspecified atom stereocenters. The van der Waals surface area contributed by atoms with E-state index in [-0.39, 0.29) is 6.09 Å². The zero-order valence-corrected chi connectivity index (χ0v) is 18.6. The average molecular weight is 401 g/mol. The molecule has 0 bridgehead atoms. The molecule has 5 nitrogen and oxygen atoms in total. The van der Waals surface area contributed by atoms with Gasteiger partial charge in [-0.05, 0) is 88.5 Å². The number of benzene rings is 1. The fourth-order valence-electron chi connectivity index (χ4n) is 5.10. The van der Waals surface area contributed by atoms with Crippen molar-refractivity contribution in [2.75, 3.05) is 37.7 Å². The zero-order valence-electron chi connectivity index (χ0n) is 18.6. The summed E-state index contributed by atoms with van der Waals surface area (Å²) >= 11 is 0. The van der Waals surface area contributed by atoms with Crippen LogP contribution in [0.15, 0.2) is 6.07 Å². The highest BCUT2D eigenvalue weighted by Crippen LogP contribution is 2.37. The molecule has 0 spiro atoms. The third kappa shape index (κ3) is 4.55. The SMILES string of the molecule is Cc1c2c(cc3c1N(C[C@@H]1CCCO1)CCC3)CCN(C(=O)OC(C)(C)C)CC2. The van der Waals surface area contributed by atoms with Crippen molar-refractivity contribution in [3.63, 3.8) is 0 Å². The van der Waals surface area contributed by atoms with Crippen molar-refractivity contribution in [2.45, 2.75) is 77.9 Å². The van der Waals surface area contributed by atoms with Gasteiger partial charge in [-0.25, -0.2) is 4.79 Å². The normalized spacial score (nSPS) is 22.1. The highest BCUT2D eigenvalue weighted by atomic mass is 16.6. The first-order valence-electron chi connectivity index (χ1n) is 11.3. The van der Waals surface area contributed by atoms with Crippen LogP contribution in [0.1, 0.15) is 62.3 Å². The van der Waals surface area contributed by atoms with Crippen LogP contribution in [0.3, 0.4) is 0 Å². The Morgan fingerprint density at radius 3 is 2.66 bits per heavy atom. The van der Waals surface area contributed by atoms with E-state index in [1.165, 1.54) is 47.2 Å². The van der Waals surface area contributed by atoms with E-state index in [1.54, 1.807) is 0 Å². The van der Waals surface area contributed by atoms with Crippen molar-refractivity contribution in [1.82, 2.24) is 4.90 Å². The number of amides is 1. The van der Waals surface area contributed by atoms with E-state index >= 15 is 0 Å². The smallest absolute Gasteiger partial charge is 0.410 e. The molecule has 3 aliphatic heterocycles. The van der Waals surface area contributed by atoms with Gasteiger partial charge in [0.1, 0.15) is 5.60 Å². The van der Waals surface area contributed by atoms with E-state index in [0.717, 1.165) is 52.0 Å². The lowest BCUT2D eigenvalue weighted by atomic mass is 9.88. The van der Waals surface area contributed by atoms with E-state index in [2.05, 4.69) is 17.9 Å². The number of rotatable bonds is 2. The molecule has 29 heavy (non-hydrogen) atoms. The Hall–Kier alpha value is -1.75. The first-order valence-corrected chi connectivity index (χ1v) is 11.3. The number of hydrogen-bond donors (Lipinski definition) is 0. The maximum absolute atomic E-state index is 12.6. The molecule has 0 radical (unpaired) electrons. The van der Waals surface area contributed by atoms with Crippen LogP contribution in [0.2, 0.25) is 0 Å². The van der Waals surface area contributed by atoms with Crippen LogP contribution in [0.4, 0.5) is 10.5 Å². The Labute approximate surface area is 175 Å². The minimum Gasteiger partial charge on any atom is -0.444 e. The van der Waals surface area contributed by atoms with Crippen LogP contribution in [0, 0.1) is 6.92 Å². The second kappa shape index (κ2) is 8.17. The lowest BCUT2D eigenvalue weighted by molar-refractivity contribution is 0.0258. The molecule has 1 aromatic carbocycles. The van der Waals surface area contributed by atoms with Gasteiger partial charge in [-0.1, -0.05) is 6.07 Å². The summed E-state index contributed by atoms with van der Waals surface area (Å²) in [5.41, 5.74) is 6.75. The molecule has 0 saturated carbocycles. The summed E-state index contributed by atoms with van der Waals surface area (Å²) < 4.78 is 11.5. The van der Waals surface area contributed by atoms with Gasteiger partial charge in [0.05, 0.1) is 6.10 Å². The highest BCUT2D eigenvalue weighted by Gasteiger charge is 2.29. The molecule has 0 aromatic heterocycles. The number of nitrogens with zero attached hydrogens (tertiary/aromatic N) is 2. The zero-order chi connectivity index (χ0) is 20.6. The van der Waals surface area contributed by atoms with Crippen molar-refractivity contribution < 1.29 is 14.3 Å². The third-order valence-electron chi connectivity index (χ3n) is 6.42. The van der Waals surface area contributed by atoms with Crippen LogP contribution in [-0.2, 0) is 28.7 Å². The van der Waals surface area contributed by atoms with Gasteiger partial charge >= 0.3 is 6.09 Å². The van der Waals surface area contributed by atoms with Crippen molar-refractivity contribution in [3.05, 3.63) is 28.3 Å². The number of aryl methyl sites for hydroxylation is 1. The number of carbonyl (C=O) groups excluding carboxylic acids is 1. The largest absolute Gasteiger partial charge is 0.444 e. The van der Waals surface area contributed by atoms with Gasteiger partial charge in [-0.15, -0.1) is 0 Å². The van der Waals surface area contributed by atoms with Gasteiger partial charge in [0.2, 0.25) is 0 Å². The molecule has 1 atom stereocenters. The number of ether oxygens (including phenoxy) is 2. The van der Waals surface area contributed by atoms with Gasteiger partial charge in [-0.3, -0.25) is 0 Å². The van der Waals surface area contributed by atoms with Gasteiger partial charge in [0, 0.05) is 38.5 Å². The summed E-state index contributed by atoms with van der Waals surface area (Å²) in [4.78, 5) is 17.0. The van der Waals surface area contributed by atoms with Gasteiger partial charge in [0.15, 0.2) is 0 Å². The lowest BCUT2D eigenvalue weighted by Crippen LogP contribution is -2.38. The van der Waals surface area contributed by atoms with E-state index in [9.17, 15) is 4.79 Å². The molecule has 0 aliphatic carbocycles. The summed E-state index contributed by atoms with van der Waals surface area (Å²) in [6, 6.07) is 2.43. The van der Waals surface area contributed by atoms with Crippen LogP contribution in [-0.4, -0.2) is 55.5 Å². The third-order valence-corrected chi connectivity index (χ3v) is 6.42. The molecular weight excluding hydrogens is 364 g/mol. The molecule has 3 aliphatic rings.